The van der Waals surface area contributed by atoms with Crippen molar-refractivity contribution in [2.24, 2.45) is 5.92 Å². The first kappa shape index (κ1) is 16.4. The molecule has 1 saturated heterocycles. The van der Waals surface area contributed by atoms with Gasteiger partial charge in [-0.3, -0.25) is 4.79 Å². The van der Waals surface area contributed by atoms with Crippen LogP contribution in [0.25, 0.3) is 0 Å². The molecule has 1 atom stereocenters. The van der Waals surface area contributed by atoms with E-state index in [4.69, 9.17) is 0 Å². The van der Waals surface area contributed by atoms with Crippen LogP contribution in [-0.4, -0.2) is 34.9 Å². The highest BCUT2D eigenvalue weighted by atomic mass is 32.2. The van der Waals surface area contributed by atoms with Gasteiger partial charge in [0, 0.05) is 18.3 Å². The third kappa shape index (κ3) is 5.39. The van der Waals surface area contributed by atoms with Crippen molar-refractivity contribution in [3.8, 4) is 0 Å². The molecule has 0 bridgehead atoms. The van der Waals surface area contributed by atoms with Gasteiger partial charge in [-0.15, -0.1) is 11.8 Å². The Labute approximate surface area is 133 Å². The van der Waals surface area contributed by atoms with Crippen LogP contribution in [-0.2, 0) is 11.2 Å². The number of piperidine rings is 1. The predicted octanol–water partition coefficient (Wildman–Crippen LogP) is 4.00. The lowest BCUT2D eigenvalue weighted by molar-refractivity contribution is -0.129. The Morgan fingerprint density at radius 2 is 1.95 bits per heavy atom. The third-order valence-electron chi connectivity index (χ3n) is 4.40. The number of hydrogen-bond donors (Lipinski definition) is 0. The van der Waals surface area contributed by atoms with Crippen molar-refractivity contribution in [2.45, 2.75) is 44.8 Å². The van der Waals surface area contributed by atoms with Crippen LogP contribution in [0.15, 0.2) is 30.3 Å². The van der Waals surface area contributed by atoms with Crippen molar-refractivity contribution >= 4 is 17.7 Å². The lowest BCUT2D eigenvalue weighted by Gasteiger charge is -2.32. The van der Waals surface area contributed by atoms with E-state index in [-0.39, 0.29) is 0 Å². The molecule has 2 nitrogen and oxygen atoms in total. The average molecular weight is 305 g/mol. The Balaban J connectivity index is 1.71. The summed E-state index contributed by atoms with van der Waals surface area (Å²) in [6, 6.07) is 10.7. The van der Waals surface area contributed by atoms with Gasteiger partial charge in [0.1, 0.15) is 0 Å². The minimum atomic E-state index is 0.332. The van der Waals surface area contributed by atoms with Crippen molar-refractivity contribution < 1.29 is 4.79 Å². The van der Waals surface area contributed by atoms with Crippen molar-refractivity contribution in [3.63, 3.8) is 0 Å². The van der Waals surface area contributed by atoms with E-state index >= 15 is 0 Å². The number of likely N-dealkylation sites (tertiary alicyclic amines) is 1. The Bertz CT molecular complexity index is 426. The fourth-order valence-corrected chi connectivity index (χ4v) is 3.60. The van der Waals surface area contributed by atoms with Crippen molar-refractivity contribution in [1.82, 2.24) is 4.90 Å². The highest BCUT2D eigenvalue weighted by Crippen LogP contribution is 2.23. The van der Waals surface area contributed by atoms with Gasteiger partial charge in [-0.1, -0.05) is 44.2 Å². The number of thioether (sulfide) groups is 1. The lowest BCUT2D eigenvalue weighted by Crippen LogP contribution is -2.40. The molecule has 1 aliphatic rings. The molecule has 0 aromatic heterocycles. The molecule has 1 aliphatic heterocycles. The molecule has 1 amide bonds. The maximum Gasteiger partial charge on any atom is 0.232 e. The van der Waals surface area contributed by atoms with Crippen LogP contribution in [0.1, 0.15) is 38.7 Å². The summed E-state index contributed by atoms with van der Waals surface area (Å²) in [5.74, 6) is 1.72. The monoisotopic (exact) mass is 305 g/mol. The van der Waals surface area contributed by atoms with Crippen LogP contribution in [0.2, 0.25) is 0 Å². The predicted molar refractivity (Wildman–Crippen MR) is 91.7 cm³/mol. The van der Waals surface area contributed by atoms with E-state index in [0.29, 0.717) is 16.9 Å². The second-order valence-corrected chi connectivity index (χ2v) is 7.47. The minimum absolute atomic E-state index is 0.332. The fourth-order valence-electron chi connectivity index (χ4n) is 2.76. The smallest absolute Gasteiger partial charge is 0.232 e. The molecule has 1 aromatic rings. The summed E-state index contributed by atoms with van der Waals surface area (Å²) < 4.78 is 0. The van der Waals surface area contributed by atoms with Gasteiger partial charge in [-0.05, 0) is 37.2 Å². The third-order valence-corrected chi connectivity index (χ3v) is 5.72. The van der Waals surface area contributed by atoms with Gasteiger partial charge < -0.3 is 4.90 Å². The SMILES string of the molecule is CC[C@@H](C)SCC(=O)N1CCC(Cc2ccccc2)CC1. The number of amides is 1. The summed E-state index contributed by atoms with van der Waals surface area (Å²) in [5, 5.41) is 0.588. The standard InChI is InChI=1S/C18H27NOS/c1-3-15(2)21-14-18(20)19-11-9-17(10-12-19)13-16-7-5-4-6-8-16/h4-8,15,17H,3,9-14H2,1-2H3/t15-/m1/s1. The first-order chi connectivity index (χ1) is 10.2. The highest BCUT2D eigenvalue weighted by Gasteiger charge is 2.23. The quantitative estimate of drug-likeness (QED) is 0.792. The summed E-state index contributed by atoms with van der Waals surface area (Å²) in [6.45, 7) is 6.26. The number of carbonyl (C=O) groups excluding carboxylic acids is 1. The number of benzene rings is 1. The Morgan fingerprint density at radius 1 is 1.29 bits per heavy atom. The Kier molecular flexibility index (Phi) is 6.62. The maximum absolute atomic E-state index is 12.2. The van der Waals surface area contributed by atoms with E-state index in [0.717, 1.165) is 44.7 Å². The molecular formula is C18H27NOS. The van der Waals surface area contributed by atoms with E-state index in [1.54, 1.807) is 11.8 Å². The van der Waals surface area contributed by atoms with Gasteiger partial charge in [0.05, 0.1) is 5.75 Å². The molecule has 2 rings (SSSR count). The first-order valence-electron chi connectivity index (χ1n) is 8.12. The molecule has 1 aromatic carbocycles. The molecule has 21 heavy (non-hydrogen) atoms. The number of nitrogens with zero attached hydrogens (tertiary/aromatic N) is 1. The van der Waals surface area contributed by atoms with Gasteiger partial charge in [0.15, 0.2) is 0 Å². The zero-order valence-electron chi connectivity index (χ0n) is 13.3. The molecular weight excluding hydrogens is 278 g/mol. The molecule has 0 saturated carbocycles. The van der Waals surface area contributed by atoms with Crippen LogP contribution in [0, 0.1) is 5.92 Å². The molecule has 116 valence electrons. The van der Waals surface area contributed by atoms with E-state index < -0.39 is 0 Å². The van der Waals surface area contributed by atoms with Gasteiger partial charge in [0.25, 0.3) is 0 Å². The largest absolute Gasteiger partial charge is 0.342 e. The van der Waals surface area contributed by atoms with Gasteiger partial charge in [0.2, 0.25) is 5.91 Å². The Hall–Kier alpha value is -0.960. The van der Waals surface area contributed by atoms with Crippen molar-refractivity contribution in [3.05, 3.63) is 35.9 Å². The van der Waals surface area contributed by atoms with Gasteiger partial charge >= 0.3 is 0 Å². The number of rotatable bonds is 6. The lowest BCUT2D eigenvalue weighted by atomic mass is 9.90. The van der Waals surface area contributed by atoms with E-state index in [1.165, 1.54) is 5.56 Å². The second kappa shape index (κ2) is 8.47. The Morgan fingerprint density at radius 3 is 2.57 bits per heavy atom. The second-order valence-electron chi connectivity index (χ2n) is 6.04. The highest BCUT2D eigenvalue weighted by molar-refractivity contribution is 8.00. The molecule has 0 unspecified atom stereocenters. The van der Waals surface area contributed by atoms with Crippen LogP contribution >= 0.6 is 11.8 Å². The molecule has 1 heterocycles. The van der Waals surface area contributed by atoms with Gasteiger partial charge in [-0.2, -0.15) is 0 Å². The van der Waals surface area contributed by atoms with Crippen LogP contribution in [0.3, 0.4) is 0 Å². The fraction of sp³-hybridized carbons (Fsp3) is 0.611. The maximum atomic E-state index is 12.2. The first-order valence-corrected chi connectivity index (χ1v) is 9.17. The van der Waals surface area contributed by atoms with E-state index in [9.17, 15) is 4.79 Å². The summed E-state index contributed by atoms with van der Waals surface area (Å²) in [5.41, 5.74) is 1.43. The van der Waals surface area contributed by atoms with Crippen molar-refractivity contribution in [1.29, 1.82) is 0 Å². The summed E-state index contributed by atoms with van der Waals surface area (Å²) in [4.78, 5) is 14.3. The normalized spacial score (nSPS) is 17.7. The summed E-state index contributed by atoms with van der Waals surface area (Å²) in [7, 11) is 0. The summed E-state index contributed by atoms with van der Waals surface area (Å²) >= 11 is 1.79. The molecule has 0 radical (unpaired) electrons. The van der Waals surface area contributed by atoms with Crippen LogP contribution in [0.4, 0.5) is 0 Å². The topological polar surface area (TPSA) is 20.3 Å². The zero-order chi connectivity index (χ0) is 15.1. The summed E-state index contributed by atoms with van der Waals surface area (Å²) in [6.07, 6.45) is 4.59. The molecule has 0 aliphatic carbocycles. The molecule has 3 heteroatoms. The average Bonchev–Trinajstić information content (AvgIpc) is 2.54. The van der Waals surface area contributed by atoms with Crippen LogP contribution in [0.5, 0.6) is 0 Å². The van der Waals surface area contributed by atoms with E-state index in [1.807, 2.05) is 0 Å². The van der Waals surface area contributed by atoms with E-state index in [2.05, 4.69) is 49.1 Å². The van der Waals surface area contributed by atoms with Crippen molar-refractivity contribution in [2.75, 3.05) is 18.8 Å². The molecule has 0 N–H and O–H groups in total. The zero-order valence-corrected chi connectivity index (χ0v) is 14.1. The minimum Gasteiger partial charge on any atom is -0.342 e. The number of carbonyl (C=O) groups is 1. The van der Waals surface area contributed by atoms with Gasteiger partial charge in [-0.25, -0.2) is 0 Å². The molecule has 1 fully saturated rings. The van der Waals surface area contributed by atoms with Crippen LogP contribution < -0.4 is 0 Å². The number of hydrogen-bond acceptors (Lipinski definition) is 2. The molecule has 0 spiro atoms.